The van der Waals surface area contributed by atoms with E-state index in [0.29, 0.717) is 0 Å². The zero-order valence-electron chi connectivity index (χ0n) is 26.9. The molecule has 0 radical (unpaired) electrons. The molecule has 11 nitrogen and oxygen atoms in total. The predicted octanol–water partition coefficient (Wildman–Crippen LogP) is 3.87. The number of benzene rings is 2. The van der Waals surface area contributed by atoms with Gasteiger partial charge in [0.05, 0.1) is 6.61 Å². The summed E-state index contributed by atoms with van der Waals surface area (Å²) in [5.74, 6) is -2.89. The Morgan fingerprint density at radius 3 is 1.93 bits per heavy atom. The Morgan fingerprint density at radius 2 is 1.41 bits per heavy atom. The van der Waals surface area contributed by atoms with Crippen molar-refractivity contribution >= 4 is 23.9 Å². The van der Waals surface area contributed by atoms with E-state index in [4.69, 9.17) is 9.47 Å². The highest BCUT2D eigenvalue weighted by Gasteiger charge is 2.40. The summed E-state index contributed by atoms with van der Waals surface area (Å²) in [5, 5.41) is 26.1. The van der Waals surface area contributed by atoms with Crippen LogP contribution in [-0.2, 0) is 30.3 Å². The van der Waals surface area contributed by atoms with E-state index < -0.39 is 65.7 Å². The minimum absolute atomic E-state index is 0.0641. The fraction of sp³-hybridized carbons (Fsp3) is 0.515. The van der Waals surface area contributed by atoms with Crippen LogP contribution in [0.15, 0.2) is 54.6 Å². The van der Waals surface area contributed by atoms with E-state index in [0.717, 1.165) is 10.5 Å². The number of hydrogen-bond acceptors (Lipinski definition) is 8. The molecule has 4 N–H and O–H groups in total. The molecule has 2 aromatic carbocycles. The van der Waals surface area contributed by atoms with Crippen LogP contribution in [0.25, 0.3) is 0 Å². The minimum atomic E-state index is -1.49. The van der Waals surface area contributed by atoms with Crippen molar-refractivity contribution in [2.24, 2.45) is 5.92 Å². The molecule has 0 bridgehead atoms. The molecule has 0 aromatic heterocycles. The number of rotatable bonds is 12. The van der Waals surface area contributed by atoms with Gasteiger partial charge in [-0.2, -0.15) is 0 Å². The van der Waals surface area contributed by atoms with Crippen LogP contribution in [0.3, 0.4) is 0 Å². The van der Waals surface area contributed by atoms with E-state index >= 15 is 0 Å². The number of hydrogen-bond donors (Lipinski definition) is 4. The van der Waals surface area contributed by atoms with Gasteiger partial charge in [-0.25, -0.2) is 9.59 Å². The third-order valence-electron chi connectivity index (χ3n) is 6.31. The first kappa shape index (κ1) is 36.1. The molecule has 3 amide bonds. The monoisotopic (exact) mass is 613 g/mol. The van der Waals surface area contributed by atoms with Crippen LogP contribution < -0.4 is 10.6 Å². The summed E-state index contributed by atoms with van der Waals surface area (Å²) >= 11 is 0. The molecule has 0 aliphatic rings. The third kappa shape index (κ3) is 11.2. The van der Waals surface area contributed by atoms with E-state index in [2.05, 4.69) is 10.6 Å². The number of nitrogens with one attached hydrogen (secondary N) is 2. The van der Waals surface area contributed by atoms with Gasteiger partial charge >= 0.3 is 12.1 Å². The molecule has 0 fully saturated rings. The van der Waals surface area contributed by atoms with Gasteiger partial charge in [0.25, 0.3) is 0 Å². The van der Waals surface area contributed by atoms with Gasteiger partial charge in [-0.05, 0) is 59.1 Å². The maximum Gasteiger partial charge on any atom is 0.408 e. The molecule has 0 saturated heterocycles. The topological polar surface area (TPSA) is 154 Å². The number of alkyl carbamates (subject to hydrolysis) is 1. The van der Waals surface area contributed by atoms with Crippen molar-refractivity contribution in [3.05, 3.63) is 65.7 Å². The highest BCUT2D eigenvalue weighted by Crippen LogP contribution is 2.30. The fourth-order valence-corrected chi connectivity index (χ4v) is 4.44. The first-order valence-corrected chi connectivity index (χ1v) is 14.7. The highest BCUT2D eigenvalue weighted by atomic mass is 16.6. The Kier molecular flexibility index (Phi) is 12.8. The van der Waals surface area contributed by atoms with Crippen LogP contribution in [-0.4, -0.2) is 75.4 Å². The zero-order chi connectivity index (χ0) is 33.2. The summed E-state index contributed by atoms with van der Waals surface area (Å²) in [7, 11) is 0. The third-order valence-corrected chi connectivity index (χ3v) is 6.31. The standard InChI is InChI=1S/C33H47N3O8/c1-21(2)26(35-31(42)44-33(6,7)8)29(40)36(18-19-37)27(23-16-12-13-17-25(23)38)28(39)34-24(30(41)43-32(3,4)5)20-22-14-10-9-11-15-22/h9-17,21,24,26-27,37-38H,18-20H2,1-8H3,(H,34,39)(H,35,42). The molecule has 0 saturated carbocycles. The molecule has 2 aromatic rings. The van der Waals surface area contributed by atoms with Gasteiger partial charge in [-0.1, -0.05) is 62.4 Å². The number of esters is 1. The highest BCUT2D eigenvalue weighted by molar-refractivity contribution is 5.94. The Balaban J connectivity index is 2.57. The Labute approximate surface area is 259 Å². The lowest BCUT2D eigenvalue weighted by Crippen LogP contribution is -2.56. The number of phenols is 1. The van der Waals surface area contributed by atoms with Gasteiger partial charge in [-0.15, -0.1) is 0 Å². The van der Waals surface area contributed by atoms with Gasteiger partial charge in [0, 0.05) is 18.5 Å². The molecule has 44 heavy (non-hydrogen) atoms. The molecule has 2 rings (SSSR count). The summed E-state index contributed by atoms with van der Waals surface area (Å²) in [6.45, 7) is 12.8. The summed E-state index contributed by atoms with van der Waals surface area (Å²) in [6.07, 6.45) is -0.734. The lowest BCUT2D eigenvalue weighted by Gasteiger charge is -2.36. The second-order valence-corrected chi connectivity index (χ2v) is 12.9. The summed E-state index contributed by atoms with van der Waals surface area (Å²) < 4.78 is 11.0. The molecule has 3 atom stereocenters. The Hall–Kier alpha value is -4.12. The van der Waals surface area contributed by atoms with Gasteiger partial charge < -0.3 is 35.2 Å². The molecule has 0 aliphatic carbocycles. The van der Waals surface area contributed by atoms with Gasteiger partial charge in [-0.3, -0.25) is 9.59 Å². The molecular weight excluding hydrogens is 566 g/mol. The summed E-state index contributed by atoms with van der Waals surface area (Å²) in [6, 6.07) is 11.3. The van der Waals surface area contributed by atoms with Crippen LogP contribution in [0.1, 0.15) is 72.6 Å². The van der Waals surface area contributed by atoms with Crippen molar-refractivity contribution in [2.45, 2.75) is 91.1 Å². The smallest absolute Gasteiger partial charge is 0.408 e. The molecule has 0 aliphatic heterocycles. The molecule has 11 heteroatoms. The number of phenolic OH excluding ortho intramolecular Hbond substituents is 1. The van der Waals surface area contributed by atoms with E-state index in [-0.39, 0.29) is 24.3 Å². The quantitative estimate of drug-likeness (QED) is 0.263. The zero-order valence-corrected chi connectivity index (χ0v) is 26.9. The number of para-hydroxylation sites is 1. The van der Waals surface area contributed by atoms with Crippen LogP contribution in [0.4, 0.5) is 4.79 Å². The number of ether oxygens (including phenoxy) is 2. The summed E-state index contributed by atoms with van der Waals surface area (Å²) in [4.78, 5) is 55.3. The number of nitrogens with zero attached hydrogens (tertiary/aromatic N) is 1. The first-order chi connectivity index (χ1) is 20.4. The van der Waals surface area contributed by atoms with Crippen molar-refractivity contribution in [2.75, 3.05) is 13.2 Å². The van der Waals surface area contributed by atoms with Crippen LogP contribution in [0, 0.1) is 5.92 Å². The van der Waals surface area contributed by atoms with E-state index in [1.807, 2.05) is 6.07 Å². The molecule has 242 valence electrons. The molecule has 0 spiro atoms. The van der Waals surface area contributed by atoms with Gasteiger partial charge in [0.15, 0.2) is 0 Å². The van der Waals surface area contributed by atoms with Crippen LogP contribution >= 0.6 is 0 Å². The van der Waals surface area contributed by atoms with Gasteiger partial charge in [0.1, 0.15) is 35.1 Å². The number of carbonyl (C=O) groups excluding carboxylic acids is 4. The van der Waals surface area contributed by atoms with Gasteiger partial charge in [0.2, 0.25) is 11.8 Å². The number of aliphatic hydroxyl groups is 1. The maximum absolute atomic E-state index is 14.2. The second kappa shape index (κ2) is 15.6. The average Bonchev–Trinajstić information content (AvgIpc) is 2.90. The van der Waals surface area contributed by atoms with Crippen molar-refractivity contribution < 1.29 is 38.9 Å². The Bertz CT molecular complexity index is 1270. The Morgan fingerprint density at radius 1 is 0.841 bits per heavy atom. The van der Waals surface area contributed by atoms with Crippen molar-refractivity contribution in [1.29, 1.82) is 0 Å². The van der Waals surface area contributed by atoms with Crippen molar-refractivity contribution in [1.82, 2.24) is 15.5 Å². The number of amides is 3. The lowest BCUT2D eigenvalue weighted by atomic mass is 9.97. The average molecular weight is 614 g/mol. The first-order valence-electron chi connectivity index (χ1n) is 14.7. The van der Waals surface area contributed by atoms with Crippen LogP contribution in [0.2, 0.25) is 0 Å². The number of aliphatic hydroxyl groups excluding tert-OH is 1. The maximum atomic E-state index is 14.2. The van der Waals surface area contributed by atoms with E-state index in [9.17, 15) is 29.4 Å². The SMILES string of the molecule is CC(C)C(NC(=O)OC(C)(C)C)C(=O)N(CCO)C(C(=O)NC(Cc1ccccc1)C(=O)OC(C)(C)C)c1ccccc1O. The van der Waals surface area contributed by atoms with E-state index in [1.54, 1.807) is 91.8 Å². The molecule has 3 unspecified atom stereocenters. The molecular formula is C33H47N3O8. The lowest BCUT2D eigenvalue weighted by molar-refractivity contribution is -0.159. The normalized spacial score (nSPS) is 13.8. The summed E-state index contributed by atoms with van der Waals surface area (Å²) in [5.41, 5.74) is -0.848. The number of aromatic hydroxyl groups is 1. The number of carbonyl (C=O) groups is 4. The van der Waals surface area contributed by atoms with Crippen molar-refractivity contribution in [3.8, 4) is 5.75 Å². The predicted molar refractivity (Wildman–Crippen MR) is 166 cm³/mol. The fourth-order valence-electron chi connectivity index (χ4n) is 4.44. The molecule has 0 heterocycles. The minimum Gasteiger partial charge on any atom is -0.508 e. The second-order valence-electron chi connectivity index (χ2n) is 12.9. The van der Waals surface area contributed by atoms with Crippen molar-refractivity contribution in [3.63, 3.8) is 0 Å². The van der Waals surface area contributed by atoms with Crippen LogP contribution in [0.5, 0.6) is 5.75 Å². The largest absolute Gasteiger partial charge is 0.508 e. The van der Waals surface area contributed by atoms with E-state index in [1.165, 1.54) is 12.1 Å².